The molecule has 1 aromatic heterocycles. The van der Waals surface area contributed by atoms with Gasteiger partial charge in [-0.15, -0.1) is 11.3 Å². The fourth-order valence-corrected chi connectivity index (χ4v) is 2.44. The number of thiazole rings is 1. The molecule has 20 heavy (non-hydrogen) atoms. The predicted octanol–water partition coefficient (Wildman–Crippen LogP) is 2.71. The number of aliphatic carboxylic acids is 1. The molecule has 0 saturated heterocycles. The van der Waals surface area contributed by atoms with E-state index in [-0.39, 0.29) is 12.0 Å². The molecule has 1 atom stereocenters. The number of anilines is 1. The highest BCUT2D eigenvalue weighted by atomic mass is 32.1. The largest absolute Gasteiger partial charge is 0.481 e. The highest BCUT2D eigenvalue weighted by molar-refractivity contribution is 7.13. The second-order valence-corrected chi connectivity index (χ2v) is 6.79. The summed E-state index contributed by atoms with van der Waals surface area (Å²) in [7, 11) is 0. The number of carbonyl (C=O) groups is 2. The van der Waals surface area contributed by atoms with Crippen LogP contribution in [-0.2, 0) is 4.79 Å². The monoisotopic (exact) mass is 299 g/mol. The molecule has 0 aliphatic rings. The van der Waals surface area contributed by atoms with Crippen LogP contribution in [0.15, 0.2) is 5.38 Å². The lowest BCUT2D eigenvalue weighted by atomic mass is 9.84. The van der Waals surface area contributed by atoms with Crippen molar-refractivity contribution in [2.24, 2.45) is 11.3 Å². The van der Waals surface area contributed by atoms with E-state index in [4.69, 9.17) is 5.11 Å². The SMILES string of the molecule is Cc1csc(NC(=O)NCC(CC(C)(C)C)C(=O)O)n1. The Morgan fingerprint density at radius 2 is 2.10 bits per heavy atom. The summed E-state index contributed by atoms with van der Waals surface area (Å²) in [6.45, 7) is 7.86. The number of urea groups is 1. The number of carboxylic acid groups (broad SMARTS) is 1. The van der Waals surface area contributed by atoms with Crippen molar-refractivity contribution in [1.82, 2.24) is 10.3 Å². The minimum absolute atomic E-state index is 0.1000. The van der Waals surface area contributed by atoms with Crippen molar-refractivity contribution in [1.29, 1.82) is 0 Å². The molecule has 0 saturated carbocycles. The molecule has 7 heteroatoms. The topological polar surface area (TPSA) is 91.3 Å². The smallest absolute Gasteiger partial charge is 0.321 e. The van der Waals surface area contributed by atoms with Gasteiger partial charge in [0.2, 0.25) is 0 Å². The standard InChI is InChI=1S/C13H21N3O3S/c1-8-7-20-12(15-8)16-11(19)14-6-9(10(17)18)5-13(2,3)4/h7,9H,5-6H2,1-4H3,(H,17,18)(H2,14,15,16,19). The zero-order valence-corrected chi connectivity index (χ0v) is 13.0. The molecule has 0 aliphatic heterocycles. The summed E-state index contributed by atoms with van der Waals surface area (Å²) < 4.78 is 0. The third-order valence-corrected chi connectivity index (χ3v) is 3.43. The van der Waals surface area contributed by atoms with E-state index in [2.05, 4.69) is 15.6 Å². The second-order valence-electron chi connectivity index (χ2n) is 5.93. The average Bonchev–Trinajstić information content (AvgIpc) is 2.68. The van der Waals surface area contributed by atoms with Crippen LogP contribution in [0.3, 0.4) is 0 Å². The minimum Gasteiger partial charge on any atom is -0.481 e. The molecule has 1 rings (SSSR count). The molecule has 0 bridgehead atoms. The minimum atomic E-state index is -0.898. The van der Waals surface area contributed by atoms with Crippen molar-refractivity contribution in [3.63, 3.8) is 0 Å². The molecule has 3 N–H and O–H groups in total. The Morgan fingerprint density at radius 1 is 1.45 bits per heavy atom. The average molecular weight is 299 g/mol. The lowest BCUT2D eigenvalue weighted by Crippen LogP contribution is -2.37. The van der Waals surface area contributed by atoms with Gasteiger partial charge < -0.3 is 10.4 Å². The van der Waals surface area contributed by atoms with Crippen LogP contribution in [0.25, 0.3) is 0 Å². The molecule has 2 amide bonds. The number of amides is 2. The van der Waals surface area contributed by atoms with Gasteiger partial charge in [-0.05, 0) is 18.8 Å². The third kappa shape index (κ3) is 6.01. The molecule has 6 nitrogen and oxygen atoms in total. The molecule has 0 spiro atoms. The summed E-state index contributed by atoms with van der Waals surface area (Å²) in [5.41, 5.74) is 0.731. The normalized spacial score (nSPS) is 12.8. The molecule has 1 aromatic rings. The number of rotatable bonds is 5. The van der Waals surface area contributed by atoms with Crippen LogP contribution in [0, 0.1) is 18.3 Å². The molecule has 0 radical (unpaired) electrons. The number of hydrogen-bond donors (Lipinski definition) is 3. The van der Waals surface area contributed by atoms with Crippen LogP contribution in [0.1, 0.15) is 32.9 Å². The van der Waals surface area contributed by atoms with Crippen LogP contribution in [0.2, 0.25) is 0 Å². The Morgan fingerprint density at radius 3 is 2.55 bits per heavy atom. The van der Waals surface area contributed by atoms with Gasteiger partial charge in [-0.2, -0.15) is 0 Å². The second kappa shape index (κ2) is 6.69. The summed E-state index contributed by atoms with van der Waals surface area (Å²) in [4.78, 5) is 26.9. The lowest BCUT2D eigenvalue weighted by molar-refractivity contribution is -0.142. The predicted molar refractivity (Wildman–Crippen MR) is 79.1 cm³/mol. The molecule has 1 unspecified atom stereocenters. The summed E-state index contributed by atoms with van der Waals surface area (Å²) in [6, 6.07) is -0.431. The van der Waals surface area contributed by atoms with E-state index in [9.17, 15) is 9.59 Å². The van der Waals surface area contributed by atoms with Crippen LogP contribution < -0.4 is 10.6 Å². The van der Waals surface area contributed by atoms with Crippen molar-refractivity contribution in [2.45, 2.75) is 34.1 Å². The molecule has 1 heterocycles. The van der Waals surface area contributed by atoms with Crippen LogP contribution >= 0.6 is 11.3 Å². The number of aromatic nitrogens is 1. The summed E-state index contributed by atoms with van der Waals surface area (Å²) in [6.07, 6.45) is 0.499. The number of carbonyl (C=O) groups excluding carboxylic acids is 1. The van der Waals surface area contributed by atoms with Gasteiger partial charge in [-0.3, -0.25) is 10.1 Å². The van der Waals surface area contributed by atoms with Crippen molar-refractivity contribution in [2.75, 3.05) is 11.9 Å². The number of nitrogens with zero attached hydrogens (tertiary/aromatic N) is 1. The number of carboxylic acids is 1. The first-order valence-electron chi connectivity index (χ1n) is 6.37. The van der Waals surface area contributed by atoms with E-state index >= 15 is 0 Å². The molecular formula is C13H21N3O3S. The number of nitrogens with one attached hydrogen (secondary N) is 2. The highest BCUT2D eigenvalue weighted by Crippen LogP contribution is 2.24. The Labute approximate surface area is 122 Å². The van der Waals surface area contributed by atoms with Gasteiger partial charge in [-0.1, -0.05) is 20.8 Å². The van der Waals surface area contributed by atoms with E-state index < -0.39 is 17.9 Å². The van der Waals surface area contributed by atoms with E-state index in [0.717, 1.165) is 5.69 Å². The fraction of sp³-hybridized carbons (Fsp3) is 0.615. The van der Waals surface area contributed by atoms with E-state index in [1.807, 2.05) is 33.1 Å². The Kier molecular flexibility index (Phi) is 5.50. The zero-order chi connectivity index (χ0) is 15.3. The highest BCUT2D eigenvalue weighted by Gasteiger charge is 2.25. The maximum absolute atomic E-state index is 11.7. The summed E-state index contributed by atoms with van der Waals surface area (Å²) in [5.74, 6) is -1.50. The molecule has 0 aromatic carbocycles. The van der Waals surface area contributed by atoms with Crippen molar-refractivity contribution >= 4 is 28.5 Å². The van der Waals surface area contributed by atoms with Crippen molar-refractivity contribution < 1.29 is 14.7 Å². The Balaban J connectivity index is 2.46. The van der Waals surface area contributed by atoms with Crippen LogP contribution in [0.4, 0.5) is 9.93 Å². The van der Waals surface area contributed by atoms with Gasteiger partial charge >= 0.3 is 12.0 Å². The number of aryl methyl sites for hydroxylation is 1. The van der Waals surface area contributed by atoms with Gasteiger partial charge in [-0.25, -0.2) is 9.78 Å². The molecule has 0 aliphatic carbocycles. The lowest BCUT2D eigenvalue weighted by Gasteiger charge is -2.23. The van der Waals surface area contributed by atoms with E-state index in [0.29, 0.717) is 11.6 Å². The Bertz CT molecular complexity index is 479. The maximum Gasteiger partial charge on any atom is 0.321 e. The zero-order valence-electron chi connectivity index (χ0n) is 12.2. The van der Waals surface area contributed by atoms with Gasteiger partial charge in [0.05, 0.1) is 11.6 Å². The van der Waals surface area contributed by atoms with Crippen molar-refractivity contribution in [3.05, 3.63) is 11.1 Å². The first-order valence-corrected chi connectivity index (χ1v) is 7.25. The van der Waals surface area contributed by atoms with Gasteiger partial charge in [0, 0.05) is 11.9 Å². The first-order chi connectivity index (χ1) is 9.17. The molecule has 112 valence electrons. The quantitative estimate of drug-likeness (QED) is 0.779. The molecular weight excluding hydrogens is 278 g/mol. The summed E-state index contributed by atoms with van der Waals surface area (Å²) >= 11 is 1.33. The van der Waals surface area contributed by atoms with Crippen LogP contribution in [0.5, 0.6) is 0 Å². The van der Waals surface area contributed by atoms with E-state index in [1.165, 1.54) is 11.3 Å². The summed E-state index contributed by atoms with van der Waals surface area (Å²) in [5, 5.41) is 16.7. The van der Waals surface area contributed by atoms with Gasteiger partial charge in [0.1, 0.15) is 0 Å². The van der Waals surface area contributed by atoms with Gasteiger partial charge in [0.25, 0.3) is 0 Å². The number of hydrogen-bond acceptors (Lipinski definition) is 4. The van der Waals surface area contributed by atoms with Crippen molar-refractivity contribution in [3.8, 4) is 0 Å². The van der Waals surface area contributed by atoms with E-state index in [1.54, 1.807) is 0 Å². The fourth-order valence-electron chi connectivity index (χ4n) is 1.75. The first kappa shape index (κ1) is 16.4. The maximum atomic E-state index is 11.7. The third-order valence-electron chi connectivity index (χ3n) is 2.56. The van der Waals surface area contributed by atoms with Gasteiger partial charge in [0.15, 0.2) is 5.13 Å². The molecule has 0 fully saturated rings. The Hall–Kier alpha value is -1.63. The van der Waals surface area contributed by atoms with Crippen LogP contribution in [-0.4, -0.2) is 28.6 Å².